The van der Waals surface area contributed by atoms with Gasteiger partial charge in [0.1, 0.15) is 27.6 Å². The van der Waals surface area contributed by atoms with Crippen molar-refractivity contribution >= 4 is 65.0 Å². The first kappa shape index (κ1) is 25.3. The van der Waals surface area contributed by atoms with Gasteiger partial charge in [-0.2, -0.15) is 25.3 Å². The fraction of sp³-hybridized carbons (Fsp3) is 0. The molecule has 13 nitrogen and oxygen atoms in total. The molecular weight excluding hydrogens is 569 g/mol. The van der Waals surface area contributed by atoms with Crippen molar-refractivity contribution in [3.8, 4) is 22.8 Å². The monoisotopic (exact) mass is 582 g/mol. The number of H-pyrrole nitrogens is 2. The van der Waals surface area contributed by atoms with E-state index in [0.29, 0.717) is 34.1 Å². The summed E-state index contributed by atoms with van der Waals surface area (Å²) in [5.74, 6) is 0.499. The number of hydrogen-bond donors (Lipinski definition) is 6. The highest BCUT2D eigenvalue weighted by Gasteiger charge is 2.23. The molecule has 37 heavy (non-hydrogen) atoms. The molecule has 5 rings (SSSR count). The van der Waals surface area contributed by atoms with Crippen molar-refractivity contribution in [1.29, 1.82) is 0 Å². The molecule has 0 fully saturated rings. The van der Waals surface area contributed by atoms with Crippen LogP contribution in [0.3, 0.4) is 0 Å². The Labute approximate surface area is 214 Å². The zero-order valence-electron chi connectivity index (χ0n) is 18.0. The van der Waals surface area contributed by atoms with Gasteiger partial charge in [0, 0.05) is 16.0 Å². The van der Waals surface area contributed by atoms with Gasteiger partial charge >= 0.3 is 0 Å². The molecule has 0 bridgehead atoms. The molecule has 17 heteroatoms. The van der Waals surface area contributed by atoms with Gasteiger partial charge in [-0.15, -0.1) is 12.6 Å². The summed E-state index contributed by atoms with van der Waals surface area (Å²) in [4.78, 5) is 12.6. The minimum absolute atomic E-state index is 0.0601. The van der Waals surface area contributed by atoms with E-state index in [0.717, 1.165) is 6.07 Å². The molecule has 3 aromatic carbocycles. The third-order valence-corrected chi connectivity index (χ3v) is 8.24. The number of nitrogens with one attached hydrogen (secondary N) is 2. The van der Waals surface area contributed by atoms with E-state index in [1.165, 1.54) is 12.1 Å². The standard InChI is InChI=1S/C20H14N4O9S4/c25-35(26,27)11-5-13-17(15(34)7-11)23-19(21-13)9-1-3-10(4-2-9)20-22-14-6-12(36(28,29)30)8-16(18(14)24-20)37(31,32)33/h1-8,34H,(H,21,23)(H,22,24)(H,25,26,27)(H,28,29,30)(H,31,32,33). The van der Waals surface area contributed by atoms with Crippen LogP contribution in [0.2, 0.25) is 0 Å². The van der Waals surface area contributed by atoms with E-state index in [2.05, 4.69) is 32.6 Å². The second-order valence-electron chi connectivity index (χ2n) is 7.83. The first-order valence-electron chi connectivity index (χ1n) is 9.91. The molecule has 0 radical (unpaired) electrons. The molecule has 0 amide bonds. The SMILES string of the molecule is O=S(=O)(O)c1cc(S)c2nc(-c3ccc(-c4nc5c(S(=O)(=O)O)cc(S(=O)(=O)O)cc5[nH]4)cc3)[nH]c2c1. The highest BCUT2D eigenvalue weighted by molar-refractivity contribution is 7.87. The molecule has 0 unspecified atom stereocenters. The predicted molar refractivity (Wildman–Crippen MR) is 133 cm³/mol. The topological polar surface area (TPSA) is 220 Å². The maximum absolute atomic E-state index is 11.8. The van der Waals surface area contributed by atoms with E-state index in [1.54, 1.807) is 24.3 Å². The number of hydrogen-bond acceptors (Lipinski definition) is 9. The van der Waals surface area contributed by atoms with Gasteiger partial charge in [0.2, 0.25) is 0 Å². The first-order valence-corrected chi connectivity index (χ1v) is 14.7. The van der Waals surface area contributed by atoms with E-state index in [4.69, 9.17) is 0 Å². The number of benzene rings is 3. The van der Waals surface area contributed by atoms with Gasteiger partial charge in [0.15, 0.2) is 0 Å². The Bertz CT molecular complexity index is 2060. The Balaban J connectivity index is 1.57. The summed E-state index contributed by atoms with van der Waals surface area (Å²) in [7, 11) is -14.1. The molecular formula is C20H14N4O9S4. The van der Waals surface area contributed by atoms with Crippen LogP contribution in [-0.2, 0) is 30.4 Å². The van der Waals surface area contributed by atoms with Gasteiger partial charge in [-0.25, -0.2) is 9.97 Å². The van der Waals surface area contributed by atoms with Gasteiger partial charge in [-0.05, 0) is 24.3 Å². The number of imidazole rings is 2. The zero-order valence-corrected chi connectivity index (χ0v) is 21.3. The minimum Gasteiger partial charge on any atom is -0.338 e. The van der Waals surface area contributed by atoms with E-state index < -0.39 is 40.1 Å². The number of nitrogens with zero attached hydrogens (tertiary/aromatic N) is 2. The Morgan fingerprint density at radius 2 is 1.05 bits per heavy atom. The number of thiol groups is 1. The van der Waals surface area contributed by atoms with Crippen LogP contribution >= 0.6 is 12.6 Å². The zero-order chi connectivity index (χ0) is 26.9. The predicted octanol–water partition coefficient (Wildman–Crippen LogP) is 2.80. The summed E-state index contributed by atoms with van der Waals surface area (Å²) < 4.78 is 97.8. The second kappa shape index (κ2) is 8.35. The van der Waals surface area contributed by atoms with E-state index in [1.807, 2.05) is 0 Å². The summed E-state index contributed by atoms with van der Waals surface area (Å²) in [6.45, 7) is 0. The van der Waals surface area contributed by atoms with Crippen molar-refractivity contribution in [3.05, 3.63) is 48.5 Å². The van der Waals surface area contributed by atoms with Gasteiger partial charge < -0.3 is 9.97 Å². The molecule has 2 heterocycles. The number of fused-ring (bicyclic) bond motifs is 2. The molecule has 5 N–H and O–H groups in total. The molecule has 0 spiro atoms. The van der Waals surface area contributed by atoms with Crippen molar-refractivity contribution in [3.63, 3.8) is 0 Å². The average molecular weight is 583 g/mol. The molecule has 0 aliphatic rings. The van der Waals surface area contributed by atoms with Crippen molar-refractivity contribution in [1.82, 2.24) is 19.9 Å². The summed E-state index contributed by atoms with van der Waals surface area (Å²) in [6.07, 6.45) is 0. The van der Waals surface area contributed by atoms with Gasteiger partial charge in [-0.3, -0.25) is 13.7 Å². The lowest BCUT2D eigenvalue weighted by atomic mass is 10.1. The molecule has 192 valence electrons. The second-order valence-corrected chi connectivity index (χ2v) is 12.5. The lowest BCUT2D eigenvalue weighted by Crippen LogP contribution is -2.04. The number of aromatic nitrogens is 4. The van der Waals surface area contributed by atoms with Crippen LogP contribution < -0.4 is 0 Å². The summed E-state index contributed by atoms with van der Waals surface area (Å²) in [5.41, 5.74) is 1.43. The maximum Gasteiger partial charge on any atom is 0.296 e. The Kier molecular flexibility index (Phi) is 5.72. The molecule has 0 saturated heterocycles. The van der Waals surface area contributed by atoms with E-state index in [9.17, 15) is 38.9 Å². The largest absolute Gasteiger partial charge is 0.338 e. The molecule has 0 aliphatic carbocycles. The molecule has 0 saturated carbocycles. The molecule has 0 aliphatic heterocycles. The van der Waals surface area contributed by atoms with Crippen molar-refractivity contribution in [2.24, 2.45) is 0 Å². The molecule has 5 aromatic rings. The highest BCUT2D eigenvalue weighted by Crippen LogP contribution is 2.31. The summed E-state index contributed by atoms with van der Waals surface area (Å²) >= 11 is 4.24. The number of aromatic amines is 2. The van der Waals surface area contributed by atoms with Crippen molar-refractivity contribution in [2.75, 3.05) is 0 Å². The van der Waals surface area contributed by atoms with Crippen LogP contribution in [0.25, 0.3) is 44.8 Å². The highest BCUT2D eigenvalue weighted by atomic mass is 32.2. The number of rotatable bonds is 5. The van der Waals surface area contributed by atoms with Gasteiger partial charge in [0.25, 0.3) is 30.4 Å². The molecule has 0 atom stereocenters. The lowest BCUT2D eigenvalue weighted by molar-refractivity contribution is 0.479. The minimum atomic E-state index is -4.88. The summed E-state index contributed by atoms with van der Waals surface area (Å²) in [6, 6.07) is 10.4. The summed E-state index contributed by atoms with van der Waals surface area (Å²) in [5, 5.41) is 0. The Morgan fingerprint density at radius 3 is 1.51 bits per heavy atom. The van der Waals surface area contributed by atoms with Crippen LogP contribution in [0, 0.1) is 0 Å². The van der Waals surface area contributed by atoms with Gasteiger partial charge in [-0.1, -0.05) is 24.3 Å². The average Bonchev–Trinajstić information content (AvgIpc) is 3.41. The fourth-order valence-corrected chi connectivity index (χ4v) is 5.90. The smallest absolute Gasteiger partial charge is 0.296 e. The fourth-order valence-electron chi connectivity index (χ4n) is 3.69. The van der Waals surface area contributed by atoms with Crippen LogP contribution in [0.1, 0.15) is 0 Å². The van der Waals surface area contributed by atoms with Crippen molar-refractivity contribution in [2.45, 2.75) is 19.6 Å². The lowest BCUT2D eigenvalue weighted by Gasteiger charge is -2.02. The van der Waals surface area contributed by atoms with Crippen LogP contribution in [0.4, 0.5) is 0 Å². The first-order chi connectivity index (χ1) is 17.1. The van der Waals surface area contributed by atoms with E-state index >= 15 is 0 Å². The van der Waals surface area contributed by atoms with Crippen LogP contribution in [-0.4, -0.2) is 58.8 Å². The van der Waals surface area contributed by atoms with E-state index in [-0.39, 0.29) is 26.6 Å². The van der Waals surface area contributed by atoms with Crippen LogP contribution in [0.5, 0.6) is 0 Å². The third-order valence-electron chi connectivity index (χ3n) is 5.37. The normalized spacial score (nSPS) is 13.0. The van der Waals surface area contributed by atoms with Crippen molar-refractivity contribution < 1.29 is 38.9 Å². The Hall–Kier alpha value is -3.32. The Morgan fingerprint density at radius 1 is 0.622 bits per heavy atom. The quantitative estimate of drug-likeness (QED) is 0.131. The molecule has 2 aromatic heterocycles. The van der Waals surface area contributed by atoms with Gasteiger partial charge in [0.05, 0.1) is 20.8 Å². The van der Waals surface area contributed by atoms with Crippen LogP contribution in [0.15, 0.2) is 68.1 Å². The maximum atomic E-state index is 11.8. The third kappa shape index (κ3) is 4.73.